The first-order valence-corrected chi connectivity index (χ1v) is 9.57. The van der Waals surface area contributed by atoms with Gasteiger partial charge in [0, 0.05) is 5.56 Å². The van der Waals surface area contributed by atoms with E-state index in [1.54, 1.807) is 19.1 Å². The van der Waals surface area contributed by atoms with Crippen molar-refractivity contribution in [2.75, 3.05) is 19.8 Å². The fourth-order valence-corrected chi connectivity index (χ4v) is 2.80. The molecule has 7 nitrogen and oxygen atoms in total. The lowest BCUT2D eigenvalue weighted by Crippen LogP contribution is -2.17. The molecule has 0 aromatic heterocycles. The van der Waals surface area contributed by atoms with E-state index in [0.717, 1.165) is 0 Å². The molecule has 0 aliphatic carbocycles. The number of benzene rings is 2. The zero-order valence-corrected chi connectivity index (χ0v) is 17.5. The molecule has 0 bridgehead atoms. The maximum atomic E-state index is 12.9. The van der Waals surface area contributed by atoms with Crippen molar-refractivity contribution >= 4 is 34.0 Å². The van der Waals surface area contributed by atoms with Gasteiger partial charge in [-0.1, -0.05) is 0 Å². The van der Waals surface area contributed by atoms with Gasteiger partial charge in [0.2, 0.25) is 0 Å². The molecule has 1 amide bonds. The van der Waals surface area contributed by atoms with Crippen LogP contribution in [0.5, 0.6) is 11.5 Å². The number of amides is 1. The average Bonchev–Trinajstić information content (AvgIpc) is 2.68. The van der Waals surface area contributed by atoms with Crippen LogP contribution < -0.4 is 14.9 Å². The molecule has 0 heterocycles. The van der Waals surface area contributed by atoms with Crippen molar-refractivity contribution in [2.45, 2.75) is 13.8 Å². The normalized spacial score (nSPS) is 10.6. The Morgan fingerprint density at radius 2 is 1.86 bits per heavy atom. The van der Waals surface area contributed by atoms with Crippen molar-refractivity contribution < 1.29 is 28.2 Å². The summed E-state index contributed by atoms with van der Waals surface area (Å²) in [5.41, 5.74) is 3.26. The average molecular weight is 467 g/mol. The van der Waals surface area contributed by atoms with Crippen molar-refractivity contribution in [3.05, 3.63) is 57.8 Å². The van der Waals surface area contributed by atoms with E-state index in [4.69, 9.17) is 14.2 Å². The predicted octanol–water partition coefficient (Wildman–Crippen LogP) is 3.69. The van der Waals surface area contributed by atoms with Gasteiger partial charge in [-0.25, -0.2) is 14.6 Å². The lowest BCUT2D eigenvalue weighted by Gasteiger charge is -2.14. The zero-order chi connectivity index (χ0) is 21.2. The van der Waals surface area contributed by atoms with Crippen LogP contribution in [0.25, 0.3) is 0 Å². The summed E-state index contributed by atoms with van der Waals surface area (Å²) in [6, 6.07) is 8.45. The van der Waals surface area contributed by atoms with Gasteiger partial charge in [0.05, 0.1) is 23.9 Å². The first kappa shape index (κ1) is 22.4. The van der Waals surface area contributed by atoms with Crippen LogP contribution in [0.15, 0.2) is 46.0 Å². The van der Waals surface area contributed by atoms with Crippen molar-refractivity contribution in [3.63, 3.8) is 0 Å². The number of nitrogens with one attached hydrogen (secondary N) is 1. The molecule has 0 aliphatic rings. The molecule has 0 saturated carbocycles. The Bertz CT molecular complexity index is 887. The number of carbonyl (C=O) groups is 2. The molecular weight excluding hydrogens is 447 g/mol. The lowest BCUT2D eigenvalue weighted by atomic mass is 10.2. The largest absolute Gasteiger partial charge is 0.490 e. The van der Waals surface area contributed by atoms with Gasteiger partial charge in [-0.2, -0.15) is 5.10 Å². The second-order valence-electron chi connectivity index (χ2n) is 5.56. The number of esters is 1. The fourth-order valence-electron chi connectivity index (χ4n) is 2.23. The number of carbonyl (C=O) groups excluding carboxylic acids is 2. The summed E-state index contributed by atoms with van der Waals surface area (Å²) in [7, 11) is 0. The van der Waals surface area contributed by atoms with Gasteiger partial charge >= 0.3 is 5.97 Å². The van der Waals surface area contributed by atoms with E-state index in [9.17, 15) is 14.0 Å². The third-order valence-corrected chi connectivity index (χ3v) is 4.05. The summed E-state index contributed by atoms with van der Waals surface area (Å²) < 4.78 is 29.4. The second kappa shape index (κ2) is 11.2. The van der Waals surface area contributed by atoms with E-state index < -0.39 is 17.7 Å². The molecular formula is C20H20BrFN2O5. The quantitative estimate of drug-likeness (QED) is 0.346. The molecule has 1 N–H and O–H groups in total. The number of halogens is 2. The van der Waals surface area contributed by atoms with Crippen molar-refractivity contribution in [1.29, 1.82) is 0 Å². The van der Waals surface area contributed by atoms with Gasteiger partial charge in [0.15, 0.2) is 18.1 Å². The molecule has 0 atom stereocenters. The maximum Gasteiger partial charge on any atom is 0.344 e. The van der Waals surface area contributed by atoms with E-state index >= 15 is 0 Å². The number of hydrazone groups is 1. The summed E-state index contributed by atoms with van der Waals surface area (Å²) >= 11 is 3.38. The molecule has 0 radical (unpaired) electrons. The van der Waals surface area contributed by atoms with Crippen molar-refractivity contribution in [3.8, 4) is 11.5 Å². The number of hydrogen-bond donors (Lipinski definition) is 1. The summed E-state index contributed by atoms with van der Waals surface area (Å²) in [6.45, 7) is 3.91. The van der Waals surface area contributed by atoms with Crippen LogP contribution in [0.1, 0.15) is 29.8 Å². The topological polar surface area (TPSA) is 86.2 Å². The highest BCUT2D eigenvalue weighted by atomic mass is 79.9. The monoisotopic (exact) mass is 466 g/mol. The Labute approximate surface area is 176 Å². The van der Waals surface area contributed by atoms with E-state index in [0.29, 0.717) is 28.1 Å². The second-order valence-corrected chi connectivity index (χ2v) is 6.42. The van der Waals surface area contributed by atoms with E-state index in [1.165, 1.54) is 30.5 Å². The standard InChI is InChI=1S/C20H20BrFN2O5/c1-3-27-17-10-13(9-16(21)19(17)29-12-18(25)28-4-2)11-23-24-20(26)14-5-7-15(22)8-6-14/h5-11H,3-4,12H2,1-2H3,(H,24,26)/b23-11-. The van der Waals surface area contributed by atoms with E-state index in [1.807, 2.05) is 6.92 Å². The molecule has 29 heavy (non-hydrogen) atoms. The van der Waals surface area contributed by atoms with Crippen molar-refractivity contribution in [2.24, 2.45) is 5.10 Å². The molecule has 2 rings (SSSR count). The highest BCUT2D eigenvalue weighted by Crippen LogP contribution is 2.36. The molecule has 0 fully saturated rings. The highest BCUT2D eigenvalue weighted by Gasteiger charge is 2.14. The SMILES string of the molecule is CCOC(=O)COc1c(Br)cc(/C=N\NC(=O)c2ccc(F)cc2)cc1OCC. The smallest absolute Gasteiger partial charge is 0.344 e. The van der Waals surface area contributed by atoms with Gasteiger partial charge in [0.1, 0.15) is 5.82 Å². The van der Waals surface area contributed by atoms with Gasteiger partial charge < -0.3 is 14.2 Å². The lowest BCUT2D eigenvalue weighted by molar-refractivity contribution is -0.145. The van der Waals surface area contributed by atoms with Gasteiger partial charge in [-0.05, 0) is 71.7 Å². The first-order valence-electron chi connectivity index (χ1n) is 8.78. The number of nitrogens with zero attached hydrogens (tertiary/aromatic N) is 1. The Balaban J connectivity index is 2.10. The molecule has 2 aromatic rings. The van der Waals surface area contributed by atoms with Crippen LogP contribution in [0, 0.1) is 5.82 Å². The van der Waals surface area contributed by atoms with E-state index in [-0.39, 0.29) is 18.8 Å². The molecule has 0 unspecified atom stereocenters. The Kier molecular flexibility index (Phi) is 8.60. The summed E-state index contributed by atoms with van der Waals surface area (Å²) in [5.74, 6) is -0.635. The molecule has 154 valence electrons. The van der Waals surface area contributed by atoms with Crippen molar-refractivity contribution in [1.82, 2.24) is 5.43 Å². The summed E-state index contributed by atoms with van der Waals surface area (Å²) in [4.78, 5) is 23.5. The molecule has 0 saturated heterocycles. The number of hydrogen-bond acceptors (Lipinski definition) is 6. The zero-order valence-electron chi connectivity index (χ0n) is 15.9. The fraction of sp³-hybridized carbons (Fsp3) is 0.250. The highest BCUT2D eigenvalue weighted by molar-refractivity contribution is 9.10. The minimum absolute atomic E-state index is 0.256. The van der Waals surface area contributed by atoms with Gasteiger partial charge in [-0.3, -0.25) is 4.79 Å². The Hall–Kier alpha value is -2.94. The summed E-state index contributed by atoms with van der Waals surface area (Å²) in [6.07, 6.45) is 1.42. The predicted molar refractivity (Wildman–Crippen MR) is 109 cm³/mol. The minimum atomic E-state index is -0.490. The van der Waals surface area contributed by atoms with Crippen LogP contribution in [0.4, 0.5) is 4.39 Å². The van der Waals surface area contributed by atoms with Crippen LogP contribution in [-0.4, -0.2) is 37.9 Å². The van der Waals surface area contributed by atoms with Crippen LogP contribution in [0.3, 0.4) is 0 Å². The van der Waals surface area contributed by atoms with Gasteiger partial charge in [-0.15, -0.1) is 0 Å². The Morgan fingerprint density at radius 3 is 2.52 bits per heavy atom. The molecule has 9 heteroatoms. The third-order valence-electron chi connectivity index (χ3n) is 3.46. The molecule has 2 aromatic carbocycles. The molecule has 0 aliphatic heterocycles. The molecule has 0 spiro atoms. The van der Waals surface area contributed by atoms with Gasteiger partial charge in [0.25, 0.3) is 5.91 Å². The van der Waals surface area contributed by atoms with E-state index in [2.05, 4.69) is 26.5 Å². The third kappa shape index (κ3) is 6.86. The number of rotatable bonds is 9. The van der Waals surface area contributed by atoms with Crippen LogP contribution in [0.2, 0.25) is 0 Å². The number of ether oxygens (including phenoxy) is 3. The minimum Gasteiger partial charge on any atom is -0.490 e. The first-order chi connectivity index (χ1) is 13.9. The van der Waals surface area contributed by atoms with Crippen LogP contribution >= 0.6 is 15.9 Å². The Morgan fingerprint density at radius 1 is 1.14 bits per heavy atom. The van der Waals surface area contributed by atoms with Crippen LogP contribution in [-0.2, 0) is 9.53 Å². The maximum absolute atomic E-state index is 12.9. The summed E-state index contributed by atoms with van der Waals surface area (Å²) in [5, 5.41) is 3.90.